The highest BCUT2D eigenvalue weighted by molar-refractivity contribution is 6.14. The number of hydrogen-bond acceptors (Lipinski definition) is 5. The van der Waals surface area contributed by atoms with Crippen molar-refractivity contribution in [2.24, 2.45) is 0 Å². The molecule has 0 bridgehead atoms. The van der Waals surface area contributed by atoms with Crippen molar-refractivity contribution in [2.75, 3.05) is 19.5 Å². The fraction of sp³-hybridized carbons (Fsp3) is 0.231. The molecule has 0 aliphatic carbocycles. The van der Waals surface area contributed by atoms with E-state index in [2.05, 4.69) is 14.8 Å². The summed E-state index contributed by atoms with van der Waals surface area (Å²) >= 11 is 0. The lowest BCUT2D eigenvalue weighted by Gasteiger charge is -2.11. The molecule has 96 valence electrons. The Labute approximate surface area is 105 Å². The van der Waals surface area contributed by atoms with Crippen LogP contribution in [0.1, 0.15) is 6.92 Å². The van der Waals surface area contributed by atoms with Crippen LogP contribution in [0.3, 0.4) is 0 Å². The molecule has 0 aliphatic rings. The lowest BCUT2D eigenvalue weighted by Crippen LogP contribution is -2.20. The van der Waals surface area contributed by atoms with Gasteiger partial charge in [0.1, 0.15) is 0 Å². The van der Waals surface area contributed by atoms with Gasteiger partial charge in [0.05, 0.1) is 14.2 Å². The van der Waals surface area contributed by atoms with Crippen molar-refractivity contribution in [1.29, 1.82) is 0 Å². The first kappa shape index (κ1) is 13.8. The van der Waals surface area contributed by atoms with Crippen LogP contribution in [0, 0.1) is 0 Å². The number of benzene rings is 1. The fourth-order valence-electron chi connectivity index (χ4n) is 1.39. The number of carbonyl (C=O) groups is 2. The Kier molecular flexibility index (Phi) is 4.92. The van der Waals surface area contributed by atoms with Gasteiger partial charge in [0.25, 0.3) is 0 Å². The van der Waals surface area contributed by atoms with Crippen LogP contribution in [-0.4, -0.2) is 26.2 Å². The fourth-order valence-corrected chi connectivity index (χ4v) is 1.39. The molecule has 0 unspecified atom stereocenters. The topological polar surface area (TPSA) is 64.6 Å². The minimum Gasteiger partial charge on any atom is -0.465 e. The maximum absolute atomic E-state index is 11.5. The number of esters is 2. The zero-order valence-corrected chi connectivity index (χ0v) is 10.5. The number of allylic oxidation sites excluding steroid dienone is 1. The highest BCUT2D eigenvalue weighted by Crippen LogP contribution is 2.13. The molecule has 1 rings (SSSR count). The van der Waals surface area contributed by atoms with Gasteiger partial charge in [-0.15, -0.1) is 0 Å². The smallest absolute Gasteiger partial charge is 0.347 e. The van der Waals surface area contributed by atoms with E-state index in [0.29, 0.717) is 5.70 Å². The molecule has 0 atom stereocenters. The minimum atomic E-state index is -0.734. The Morgan fingerprint density at radius 3 is 1.94 bits per heavy atom. The molecule has 0 fully saturated rings. The largest absolute Gasteiger partial charge is 0.465 e. The quantitative estimate of drug-likeness (QED) is 0.381. The van der Waals surface area contributed by atoms with Crippen LogP contribution in [0.4, 0.5) is 5.69 Å². The predicted octanol–water partition coefficient (Wildman–Crippen LogP) is 1.72. The molecule has 1 N–H and O–H groups in total. The monoisotopic (exact) mass is 249 g/mol. The number of hydrogen-bond donors (Lipinski definition) is 1. The van der Waals surface area contributed by atoms with Gasteiger partial charge in [-0.2, -0.15) is 0 Å². The third-order valence-corrected chi connectivity index (χ3v) is 2.26. The van der Waals surface area contributed by atoms with Gasteiger partial charge in [-0.3, -0.25) is 0 Å². The third-order valence-electron chi connectivity index (χ3n) is 2.26. The zero-order chi connectivity index (χ0) is 13.5. The van der Waals surface area contributed by atoms with Crippen LogP contribution in [0.15, 0.2) is 41.6 Å². The number of ether oxygens (including phenoxy) is 2. The van der Waals surface area contributed by atoms with Crippen molar-refractivity contribution in [3.05, 3.63) is 41.6 Å². The van der Waals surface area contributed by atoms with E-state index < -0.39 is 11.9 Å². The summed E-state index contributed by atoms with van der Waals surface area (Å²) < 4.78 is 9.11. The number of nitrogens with one attached hydrogen (secondary N) is 1. The summed E-state index contributed by atoms with van der Waals surface area (Å²) in [7, 11) is 2.42. The van der Waals surface area contributed by atoms with E-state index in [1.54, 1.807) is 6.92 Å². The van der Waals surface area contributed by atoms with Gasteiger partial charge >= 0.3 is 11.9 Å². The first-order valence-electron chi connectivity index (χ1n) is 5.29. The number of rotatable bonds is 4. The molecule has 0 heterocycles. The summed E-state index contributed by atoms with van der Waals surface area (Å²) in [6.45, 7) is 1.61. The SMILES string of the molecule is COC(=O)C(C(=O)OC)=C(C)Nc1ccccc1. The maximum atomic E-state index is 11.5. The van der Waals surface area contributed by atoms with Gasteiger partial charge in [0, 0.05) is 11.4 Å². The first-order valence-corrected chi connectivity index (χ1v) is 5.29. The Bertz CT molecular complexity index is 447. The Balaban J connectivity index is 3.04. The highest BCUT2D eigenvalue weighted by atomic mass is 16.5. The predicted molar refractivity (Wildman–Crippen MR) is 66.8 cm³/mol. The average Bonchev–Trinajstić information content (AvgIpc) is 2.39. The van der Waals surface area contributed by atoms with E-state index >= 15 is 0 Å². The normalized spacial score (nSPS) is 9.28. The van der Waals surface area contributed by atoms with Crippen molar-refractivity contribution in [3.8, 4) is 0 Å². The summed E-state index contributed by atoms with van der Waals surface area (Å²) in [5, 5.41) is 2.95. The van der Waals surface area contributed by atoms with Crippen molar-refractivity contribution in [2.45, 2.75) is 6.92 Å². The van der Waals surface area contributed by atoms with Crippen molar-refractivity contribution in [1.82, 2.24) is 0 Å². The molecule has 0 radical (unpaired) electrons. The van der Waals surface area contributed by atoms with Gasteiger partial charge in [-0.05, 0) is 19.1 Å². The van der Waals surface area contributed by atoms with Gasteiger partial charge in [0.2, 0.25) is 0 Å². The van der Waals surface area contributed by atoms with Gasteiger partial charge < -0.3 is 14.8 Å². The van der Waals surface area contributed by atoms with E-state index in [1.165, 1.54) is 14.2 Å². The molecular weight excluding hydrogens is 234 g/mol. The molecule has 5 nitrogen and oxygen atoms in total. The van der Waals surface area contributed by atoms with Gasteiger partial charge in [0.15, 0.2) is 5.57 Å². The second-order valence-corrected chi connectivity index (χ2v) is 3.47. The number of anilines is 1. The molecule has 0 aromatic heterocycles. The van der Waals surface area contributed by atoms with Gasteiger partial charge in [-0.25, -0.2) is 9.59 Å². The van der Waals surface area contributed by atoms with E-state index in [4.69, 9.17) is 0 Å². The molecule has 1 aromatic rings. The summed E-state index contributed by atoms with van der Waals surface area (Å²) in [4.78, 5) is 23.0. The maximum Gasteiger partial charge on any atom is 0.347 e. The first-order chi connectivity index (χ1) is 8.60. The molecule has 0 amide bonds. The Morgan fingerprint density at radius 1 is 1.00 bits per heavy atom. The number of carbonyl (C=O) groups excluding carboxylic acids is 2. The van der Waals surface area contributed by atoms with Crippen LogP contribution in [0.2, 0.25) is 0 Å². The summed E-state index contributed by atoms with van der Waals surface area (Å²) in [5.41, 5.74) is 0.990. The molecule has 1 aromatic carbocycles. The van der Waals surface area contributed by atoms with E-state index in [0.717, 1.165) is 5.69 Å². The third kappa shape index (κ3) is 3.35. The van der Waals surface area contributed by atoms with E-state index in [-0.39, 0.29) is 5.57 Å². The second kappa shape index (κ2) is 6.44. The summed E-state index contributed by atoms with van der Waals surface area (Å²) in [6, 6.07) is 9.17. The van der Waals surface area contributed by atoms with Crippen LogP contribution >= 0.6 is 0 Å². The van der Waals surface area contributed by atoms with Gasteiger partial charge in [-0.1, -0.05) is 18.2 Å². The Hall–Kier alpha value is -2.30. The molecule has 0 spiro atoms. The van der Waals surface area contributed by atoms with E-state index in [9.17, 15) is 9.59 Å². The van der Waals surface area contributed by atoms with Crippen molar-refractivity contribution >= 4 is 17.6 Å². The summed E-state index contributed by atoms with van der Waals surface area (Å²) in [6.07, 6.45) is 0. The molecule has 5 heteroatoms. The number of para-hydroxylation sites is 1. The zero-order valence-electron chi connectivity index (χ0n) is 10.5. The highest BCUT2D eigenvalue weighted by Gasteiger charge is 2.23. The summed E-state index contributed by atoms with van der Waals surface area (Å²) in [5.74, 6) is -1.47. The second-order valence-electron chi connectivity index (χ2n) is 3.47. The lowest BCUT2D eigenvalue weighted by atomic mass is 10.2. The molecular formula is C13H15NO4. The molecule has 18 heavy (non-hydrogen) atoms. The molecule has 0 saturated heterocycles. The average molecular weight is 249 g/mol. The van der Waals surface area contributed by atoms with Crippen LogP contribution in [0.25, 0.3) is 0 Å². The van der Waals surface area contributed by atoms with Crippen LogP contribution in [0.5, 0.6) is 0 Å². The Morgan fingerprint density at radius 2 is 1.50 bits per heavy atom. The minimum absolute atomic E-state index is 0.149. The number of methoxy groups -OCH3 is 2. The standard InChI is InChI=1S/C13H15NO4/c1-9(14-10-7-5-4-6-8-10)11(12(15)17-2)13(16)18-3/h4-8,14H,1-3H3. The van der Waals surface area contributed by atoms with Crippen molar-refractivity contribution < 1.29 is 19.1 Å². The van der Waals surface area contributed by atoms with Crippen LogP contribution < -0.4 is 5.32 Å². The molecule has 0 aliphatic heterocycles. The van der Waals surface area contributed by atoms with Crippen molar-refractivity contribution in [3.63, 3.8) is 0 Å². The van der Waals surface area contributed by atoms with E-state index in [1.807, 2.05) is 30.3 Å². The van der Waals surface area contributed by atoms with Crippen LogP contribution in [-0.2, 0) is 19.1 Å². The lowest BCUT2D eigenvalue weighted by molar-refractivity contribution is -0.144. The molecule has 0 saturated carbocycles.